The summed E-state index contributed by atoms with van der Waals surface area (Å²) < 4.78 is 14.7. The number of hydrogen-bond acceptors (Lipinski definition) is 5. The van der Waals surface area contributed by atoms with Crippen molar-refractivity contribution < 1.29 is 24.0 Å². The predicted molar refractivity (Wildman–Crippen MR) is 84.9 cm³/mol. The minimum atomic E-state index is -1.36. The van der Waals surface area contributed by atoms with E-state index in [1.807, 2.05) is 0 Å². The number of nitro benzene ring substituents is 1. The Morgan fingerprint density at radius 1 is 1.40 bits per heavy atom. The van der Waals surface area contributed by atoms with Crippen LogP contribution in [0.15, 0.2) is 24.5 Å². The highest BCUT2D eigenvalue weighted by atomic mass is 19.1. The number of halogens is 1. The highest BCUT2D eigenvalue weighted by molar-refractivity contribution is 6.07. The number of carbonyl (C=O) groups is 2. The zero-order valence-electron chi connectivity index (χ0n) is 13.6. The van der Waals surface area contributed by atoms with Gasteiger partial charge in [-0.3, -0.25) is 19.6 Å². The molecule has 10 heteroatoms. The van der Waals surface area contributed by atoms with Crippen LogP contribution >= 0.6 is 0 Å². The molecule has 132 valence electrons. The molecule has 0 saturated carbocycles. The number of carbonyl (C=O) groups excluding carboxylic acids is 1. The van der Waals surface area contributed by atoms with Gasteiger partial charge in [-0.25, -0.2) is 9.18 Å². The maximum absolute atomic E-state index is 13.5. The van der Waals surface area contributed by atoms with Crippen LogP contribution in [0.3, 0.4) is 0 Å². The number of hydrogen-bond donors (Lipinski definition) is 2. The third-order valence-corrected chi connectivity index (χ3v) is 3.63. The second-order valence-electron chi connectivity index (χ2n) is 5.87. The number of aryl methyl sites for hydroxylation is 1. The molecule has 0 radical (unpaired) electrons. The summed E-state index contributed by atoms with van der Waals surface area (Å²) in [6.45, 7) is 4.15. The Labute approximate surface area is 141 Å². The van der Waals surface area contributed by atoms with Crippen LogP contribution in [0.4, 0.5) is 15.8 Å². The Morgan fingerprint density at radius 2 is 2.04 bits per heavy atom. The number of benzene rings is 1. The lowest BCUT2D eigenvalue weighted by Gasteiger charge is -2.19. The van der Waals surface area contributed by atoms with Gasteiger partial charge in [0.25, 0.3) is 11.6 Å². The van der Waals surface area contributed by atoms with Gasteiger partial charge in [-0.2, -0.15) is 5.10 Å². The van der Waals surface area contributed by atoms with Gasteiger partial charge in [-0.05, 0) is 32.9 Å². The van der Waals surface area contributed by atoms with Crippen LogP contribution in [0.1, 0.15) is 29.8 Å². The molecular formula is C15H15FN4O5. The van der Waals surface area contributed by atoms with Crippen molar-refractivity contribution in [3.63, 3.8) is 0 Å². The van der Waals surface area contributed by atoms with E-state index < -0.39 is 39.4 Å². The summed E-state index contributed by atoms with van der Waals surface area (Å²) in [4.78, 5) is 33.9. The molecular weight excluding hydrogens is 335 g/mol. The number of aromatic nitrogens is 2. The first-order chi connectivity index (χ1) is 11.5. The van der Waals surface area contributed by atoms with E-state index in [1.165, 1.54) is 33.2 Å². The van der Waals surface area contributed by atoms with Gasteiger partial charge >= 0.3 is 5.97 Å². The average molecular weight is 350 g/mol. The van der Waals surface area contributed by atoms with E-state index in [4.69, 9.17) is 5.11 Å². The monoisotopic (exact) mass is 350 g/mol. The van der Waals surface area contributed by atoms with E-state index in [9.17, 15) is 24.1 Å². The topological polar surface area (TPSA) is 127 Å². The molecule has 1 heterocycles. The number of nitrogens with one attached hydrogen (secondary N) is 1. The number of nitrogens with zero attached hydrogens (tertiary/aromatic N) is 3. The van der Waals surface area contributed by atoms with Gasteiger partial charge in [0.2, 0.25) is 0 Å². The number of rotatable bonds is 5. The number of nitro groups is 1. The summed E-state index contributed by atoms with van der Waals surface area (Å²) in [6.07, 6.45) is 2.46. The van der Waals surface area contributed by atoms with E-state index in [0.29, 0.717) is 0 Å². The fraction of sp³-hybridized carbons (Fsp3) is 0.267. The summed E-state index contributed by atoms with van der Waals surface area (Å²) in [5, 5.41) is 26.5. The molecule has 0 saturated heterocycles. The van der Waals surface area contributed by atoms with Gasteiger partial charge in [0.15, 0.2) is 5.54 Å². The Bertz CT molecular complexity index is 875. The van der Waals surface area contributed by atoms with Crippen molar-refractivity contribution >= 4 is 23.3 Å². The van der Waals surface area contributed by atoms with Crippen molar-refractivity contribution in [2.75, 3.05) is 5.32 Å². The van der Waals surface area contributed by atoms with Crippen LogP contribution < -0.4 is 5.32 Å². The second-order valence-corrected chi connectivity index (χ2v) is 5.87. The third-order valence-electron chi connectivity index (χ3n) is 3.63. The van der Waals surface area contributed by atoms with Crippen molar-refractivity contribution in [1.29, 1.82) is 0 Å². The summed E-state index contributed by atoms with van der Waals surface area (Å²) in [6, 6.07) is 1.73. The Kier molecular flexibility index (Phi) is 4.55. The number of anilines is 1. The minimum Gasteiger partial charge on any atom is -0.479 e. The van der Waals surface area contributed by atoms with Crippen LogP contribution in [0.2, 0.25) is 0 Å². The normalized spacial score (nSPS) is 11.2. The second kappa shape index (κ2) is 6.30. The Morgan fingerprint density at radius 3 is 2.60 bits per heavy atom. The maximum Gasteiger partial charge on any atom is 0.331 e. The summed E-state index contributed by atoms with van der Waals surface area (Å²) >= 11 is 0. The quantitative estimate of drug-likeness (QED) is 0.629. The number of carboxylic acid groups (broad SMARTS) is 1. The lowest BCUT2D eigenvalue weighted by atomic mass is 10.1. The fourth-order valence-electron chi connectivity index (χ4n) is 2.14. The smallest absolute Gasteiger partial charge is 0.331 e. The molecule has 2 N–H and O–H groups in total. The number of amides is 1. The van der Waals surface area contributed by atoms with Gasteiger partial charge in [0.1, 0.15) is 11.4 Å². The van der Waals surface area contributed by atoms with E-state index in [0.717, 1.165) is 16.8 Å². The van der Waals surface area contributed by atoms with Gasteiger partial charge in [0, 0.05) is 11.8 Å². The molecule has 1 amide bonds. The van der Waals surface area contributed by atoms with E-state index in [-0.39, 0.29) is 11.3 Å². The molecule has 0 atom stereocenters. The molecule has 1 aromatic carbocycles. The van der Waals surface area contributed by atoms with Crippen molar-refractivity contribution in [3.8, 4) is 0 Å². The molecule has 0 aliphatic rings. The highest BCUT2D eigenvalue weighted by Gasteiger charge is 2.31. The molecule has 0 spiro atoms. The minimum absolute atomic E-state index is 0.0119. The fourth-order valence-corrected chi connectivity index (χ4v) is 2.14. The van der Waals surface area contributed by atoms with Crippen LogP contribution in [0, 0.1) is 22.9 Å². The van der Waals surface area contributed by atoms with Crippen molar-refractivity contribution in [3.05, 3.63) is 51.6 Å². The first kappa shape index (κ1) is 18.0. The van der Waals surface area contributed by atoms with Gasteiger partial charge in [-0.1, -0.05) is 0 Å². The van der Waals surface area contributed by atoms with Gasteiger partial charge in [-0.15, -0.1) is 0 Å². The first-order valence-electron chi connectivity index (χ1n) is 7.08. The van der Waals surface area contributed by atoms with Gasteiger partial charge in [0.05, 0.1) is 16.8 Å². The molecule has 9 nitrogen and oxygen atoms in total. The maximum atomic E-state index is 13.5. The molecule has 2 rings (SSSR count). The van der Waals surface area contributed by atoms with Crippen molar-refractivity contribution in [1.82, 2.24) is 9.78 Å². The summed E-state index contributed by atoms with van der Waals surface area (Å²) in [7, 11) is 0. The van der Waals surface area contributed by atoms with E-state index in [2.05, 4.69) is 10.4 Å². The van der Waals surface area contributed by atoms with Gasteiger partial charge < -0.3 is 10.4 Å². The largest absolute Gasteiger partial charge is 0.479 e. The molecule has 0 aliphatic heterocycles. The molecule has 2 aromatic rings. The average Bonchev–Trinajstić information content (AvgIpc) is 2.94. The zero-order valence-corrected chi connectivity index (χ0v) is 13.6. The lowest BCUT2D eigenvalue weighted by molar-refractivity contribution is -0.385. The predicted octanol–water partition coefficient (Wildman–Crippen LogP) is 2.31. The first-order valence-corrected chi connectivity index (χ1v) is 7.08. The standard InChI is InChI=1S/C15H15FN4O5/c1-8-4-9(16)5-11(12(8)20(24)25)13(21)18-10-6-17-19(7-10)15(2,3)14(22)23/h4-7H,1-3H3,(H,18,21)(H,22,23). The number of carboxylic acids is 1. The van der Waals surface area contributed by atoms with Crippen molar-refractivity contribution in [2.45, 2.75) is 26.3 Å². The van der Waals surface area contributed by atoms with E-state index >= 15 is 0 Å². The molecule has 1 aromatic heterocycles. The molecule has 0 unspecified atom stereocenters. The van der Waals surface area contributed by atoms with Crippen LogP contribution in [0.5, 0.6) is 0 Å². The van der Waals surface area contributed by atoms with Crippen LogP contribution in [-0.2, 0) is 10.3 Å². The summed E-state index contributed by atoms with van der Waals surface area (Å²) in [5.41, 5.74) is -2.16. The van der Waals surface area contributed by atoms with Crippen LogP contribution in [-0.4, -0.2) is 31.7 Å². The number of aliphatic carboxylic acids is 1. The third kappa shape index (κ3) is 3.47. The SMILES string of the molecule is Cc1cc(F)cc(C(=O)Nc2cnn(C(C)(C)C(=O)O)c2)c1[N+](=O)[O-]. The molecule has 0 fully saturated rings. The zero-order chi connectivity index (χ0) is 18.9. The van der Waals surface area contributed by atoms with Crippen LogP contribution in [0.25, 0.3) is 0 Å². The summed E-state index contributed by atoms with van der Waals surface area (Å²) in [5.74, 6) is -2.82. The lowest BCUT2D eigenvalue weighted by Crippen LogP contribution is -2.35. The molecule has 25 heavy (non-hydrogen) atoms. The Balaban J connectivity index is 2.35. The Hall–Kier alpha value is -3.30. The van der Waals surface area contributed by atoms with E-state index in [1.54, 1.807) is 0 Å². The van der Waals surface area contributed by atoms with Crippen molar-refractivity contribution in [2.24, 2.45) is 0 Å². The molecule has 0 bridgehead atoms. The highest BCUT2D eigenvalue weighted by Crippen LogP contribution is 2.26. The molecule has 0 aliphatic carbocycles.